The van der Waals surface area contributed by atoms with E-state index in [-0.39, 0.29) is 42.1 Å². The van der Waals surface area contributed by atoms with E-state index in [0.29, 0.717) is 24.3 Å². The molecule has 2 rings (SSSR count). The number of benzene rings is 1. The van der Waals surface area contributed by atoms with Crippen molar-refractivity contribution in [1.82, 2.24) is 4.90 Å². The van der Waals surface area contributed by atoms with E-state index in [9.17, 15) is 18.0 Å². The molecule has 1 aromatic rings. The number of nitrogens with zero attached hydrogens (tertiary/aromatic N) is 1. The Hall–Kier alpha value is -2.09. The zero-order valence-electron chi connectivity index (χ0n) is 16.9. The number of hydrogen-bond acceptors (Lipinski definition) is 6. The molecule has 8 heteroatoms. The topological polar surface area (TPSA) is 90.0 Å². The first-order chi connectivity index (χ1) is 13.1. The second-order valence-electron chi connectivity index (χ2n) is 7.76. The maximum absolute atomic E-state index is 12.7. The molecule has 0 radical (unpaired) electrons. The summed E-state index contributed by atoms with van der Waals surface area (Å²) in [5.41, 5.74) is 0.407. The predicted molar refractivity (Wildman–Crippen MR) is 106 cm³/mol. The zero-order valence-corrected chi connectivity index (χ0v) is 17.7. The van der Waals surface area contributed by atoms with Crippen molar-refractivity contribution in [2.75, 3.05) is 24.7 Å². The minimum atomic E-state index is -3.08. The fraction of sp³-hybridized carbons (Fsp3) is 0.600. The lowest BCUT2D eigenvalue weighted by Crippen LogP contribution is -2.45. The lowest BCUT2D eigenvalue weighted by molar-refractivity contribution is -0.135. The maximum Gasteiger partial charge on any atom is 0.338 e. The maximum atomic E-state index is 12.7. The lowest BCUT2D eigenvalue weighted by Gasteiger charge is -2.29. The Labute approximate surface area is 166 Å². The van der Waals surface area contributed by atoms with Gasteiger partial charge in [0.25, 0.3) is 5.91 Å². The van der Waals surface area contributed by atoms with Crippen LogP contribution in [0, 0.1) is 5.92 Å². The van der Waals surface area contributed by atoms with E-state index < -0.39 is 15.8 Å². The SMILES string of the molecule is CC(C)CN(C(=O)COc1ccc(C(=O)OC(C)C)cc1)C1CCS(=O)(=O)C1. The molecule has 1 amide bonds. The first kappa shape index (κ1) is 22.2. The minimum absolute atomic E-state index is 0.0120. The molecule has 156 valence electrons. The van der Waals surface area contributed by atoms with Gasteiger partial charge in [-0.05, 0) is 50.5 Å². The van der Waals surface area contributed by atoms with Crippen LogP contribution in [0.2, 0.25) is 0 Å². The van der Waals surface area contributed by atoms with Gasteiger partial charge >= 0.3 is 5.97 Å². The van der Waals surface area contributed by atoms with Crippen LogP contribution in [0.3, 0.4) is 0 Å². The molecule has 1 aromatic carbocycles. The molecule has 0 aliphatic carbocycles. The molecule has 0 bridgehead atoms. The fourth-order valence-electron chi connectivity index (χ4n) is 3.07. The van der Waals surface area contributed by atoms with Crippen LogP contribution in [-0.4, -0.2) is 62.0 Å². The Bertz CT molecular complexity index is 785. The summed E-state index contributed by atoms with van der Waals surface area (Å²) in [5, 5.41) is 0. The third-order valence-electron chi connectivity index (χ3n) is 4.33. The van der Waals surface area contributed by atoms with Gasteiger partial charge in [-0.15, -0.1) is 0 Å². The van der Waals surface area contributed by atoms with Crippen molar-refractivity contribution < 1.29 is 27.5 Å². The van der Waals surface area contributed by atoms with Crippen LogP contribution in [0.4, 0.5) is 0 Å². The highest BCUT2D eigenvalue weighted by Gasteiger charge is 2.34. The fourth-order valence-corrected chi connectivity index (χ4v) is 4.80. The Morgan fingerprint density at radius 1 is 1.14 bits per heavy atom. The van der Waals surface area contributed by atoms with Gasteiger partial charge in [0.15, 0.2) is 16.4 Å². The van der Waals surface area contributed by atoms with Crippen molar-refractivity contribution in [3.8, 4) is 5.75 Å². The van der Waals surface area contributed by atoms with Gasteiger partial charge in [-0.1, -0.05) is 13.8 Å². The quantitative estimate of drug-likeness (QED) is 0.610. The minimum Gasteiger partial charge on any atom is -0.484 e. The number of amides is 1. The highest BCUT2D eigenvalue weighted by molar-refractivity contribution is 7.91. The van der Waals surface area contributed by atoms with Crippen molar-refractivity contribution in [2.45, 2.75) is 46.3 Å². The van der Waals surface area contributed by atoms with E-state index in [1.54, 1.807) is 43.0 Å². The molecule has 1 fully saturated rings. The molecule has 0 spiro atoms. The molecule has 0 aromatic heterocycles. The first-order valence-electron chi connectivity index (χ1n) is 9.51. The highest BCUT2D eigenvalue weighted by atomic mass is 32.2. The van der Waals surface area contributed by atoms with Crippen LogP contribution in [0.25, 0.3) is 0 Å². The van der Waals surface area contributed by atoms with E-state index >= 15 is 0 Å². The summed E-state index contributed by atoms with van der Waals surface area (Å²) >= 11 is 0. The summed E-state index contributed by atoms with van der Waals surface area (Å²) in [4.78, 5) is 26.2. The van der Waals surface area contributed by atoms with Crippen molar-refractivity contribution in [3.63, 3.8) is 0 Å². The van der Waals surface area contributed by atoms with Gasteiger partial charge in [-0.25, -0.2) is 13.2 Å². The molecule has 1 unspecified atom stereocenters. The second kappa shape index (κ2) is 9.41. The van der Waals surface area contributed by atoms with E-state index in [2.05, 4.69) is 0 Å². The molecule has 1 aliphatic rings. The van der Waals surface area contributed by atoms with Gasteiger partial charge in [0.1, 0.15) is 5.75 Å². The largest absolute Gasteiger partial charge is 0.484 e. The average Bonchev–Trinajstić information content (AvgIpc) is 2.97. The normalized spacial score (nSPS) is 18.3. The Balaban J connectivity index is 1.97. The van der Waals surface area contributed by atoms with Crippen LogP contribution in [0.15, 0.2) is 24.3 Å². The standard InChI is InChI=1S/C20H29NO6S/c1-14(2)11-21(17-9-10-28(24,25)13-17)19(22)12-26-18-7-5-16(6-8-18)20(23)27-15(3)4/h5-8,14-15,17H,9-13H2,1-4H3. The predicted octanol–water partition coefficient (Wildman–Crippen LogP) is 2.30. The molecular formula is C20H29NO6S. The van der Waals surface area contributed by atoms with Crippen LogP contribution in [0.5, 0.6) is 5.75 Å². The summed E-state index contributed by atoms with van der Waals surface area (Å²) in [6, 6.07) is 6.09. The highest BCUT2D eigenvalue weighted by Crippen LogP contribution is 2.20. The van der Waals surface area contributed by atoms with Gasteiger partial charge in [-0.3, -0.25) is 4.79 Å². The molecule has 1 atom stereocenters. The summed E-state index contributed by atoms with van der Waals surface area (Å²) in [7, 11) is -3.08. The molecule has 1 heterocycles. The number of hydrogen-bond donors (Lipinski definition) is 0. The van der Waals surface area contributed by atoms with Gasteiger partial charge in [0.05, 0.1) is 23.2 Å². The number of carbonyl (C=O) groups is 2. The number of sulfone groups is 1. The number of rotatable bonds is 8. The summed E-state index contributed by atoms with van der Waals surface area (Å²) in [5.74, 6) is 0.158. The van der Waals surface area contributed by atoms with Crippen molar-refractivity contribution in [1.29, 1.82) is 0 Å². The van der Waals surface area contributed by atoms with Crippen LogP contribution >= 0.6 is 0 Å². The van der Waals surface area contributed by atoms with E-state index in [4.69, 9.17) is 9.47 Å². The lowest BCUT2D eigenvalue weighted by atomic mass is 10.1. The van der Waals surface area contributed by atoms with Gasteiger partial charge in [0, 0.05) is 12.6 Å². The first-order valence-corrected chi connectivity index (χ1v) is 11.3. The Morgan fingerprint density at radius 3 is 2.29 bits per heavy atom. The molecule has 1 aliphatic heterocycles. The van der Waals surface area contributed by atoms with Crippen LogP contribution in [-0.2, 0) is 19.4 Å². The monoisotopic (exact) mass is 411 g/mol. The summed E-state index contributed by atoms with van der Waals surface area (Å²) in [6.07, 6.45) is 0.264. The molecular weight excluding hydrogens is 382 g/mol. The average molecular weight is 412 g/mol. The third kappa shape index (κ3) is 6.51. The third-order valence-corrected chi connectivity index (χ3v) is 6.08. The second-order valence-corrected chi connectivity index (χ2v) is 9.99. The summed E-state index contributed by atoms with van der Waals surface area (Å²) in [6.45, 7) is 7.83. The number of ether oxygens (including phenoxy) is 2. The summed E-state index contributed by atoms with van der Waals surface area (Å²) < 4.78 is 34.3. The number of esters is 1. The van der Waals surface area contributed by atoms with Crippen molar-refractivity contribution >= 4 is 21.7 Å². The molecule has 28 heavy (non-hydrogen) atoms. The Morgan fingerprint density at radius 2 is 1.79 bits per heavy atom. The molecule has 0 saturated carbocycles. The van der Waals surface area contributed by atoms with Crippen molar-refractivity contribution in [3.05, 3.63) is 29.8 Å². The van der Waals surface area contributed by atoms with E-state index in [0.717, 1.165) is 0 Å². The van der Waals surface area contributed by atoms with Crippen LogP contribution < -0.4 is 4.74 Å². The van der Waals surface area contributed by atoms with Crippen LogP contribution in [0.1, 0.15) is 44.5 Å². The molecule has 7 nitrogen and oxygen atoms in total. The molecule has 1 saturated heterocycles. The van der Waals surface area contributed by atoms with Gasteiger partial charge in [-0.2, -0.15) is 0 Å². The van der Waals surface area contributed by atoms with Gasteiger partial charge < -0.3 is 14.4 Å². The zero-order chi connectivity index (χ0) is 20.9. The smallest absolute Gasteiger partial charge is 0.338 e. The van der Waals surface area contributed by atoms with Crippen molar-refractivity contribution in [2.24, 2.45) is 5.92 Å². The Kier molecular flexibility index (Phi) is 7.46. The molecule has 0 N–H and O–H groups in total. The van der Waals surface area contributed by atoms with E-state index in [1.165, 1.54) is 0 Å². The van der Waals surface area contributed by atoms with Gasteiger partial charge in [0.2, 0.25) is 0 Å². The van der Waals surface area contributed by atoms with E-state index in [1.807, 2.05) is 13.8 Å². The number of carbonyl (C=O) groups excluding carboxylic acids is 2.